The summed E-state index contributed by atoms with van der Waals surface area (Å²) in [5.74, 6) is 0.945. The van der Waals surface area contributed by atoms with Crippen molar-refractivity contribution in [3.05, 3.63) is 75.4 Å². The van der Waals surface area contributed by atoms with E-state index in [1.807, 2.05) is 25.1 Å². The number of anilines is 1. The molecule has 1 atom stereocenters. The van der Waals surface area contributed by atoms with Crippen molar-refractivity contribution in [3.63, 3.8) is 0 Å². The number of hydrogen-bond acceptors (Lipinski definition) is 6. The molecular formula is C24H26ClN5OS. The largest absolute Gasteiger partial charge is 0.492 e. The van der Waals surface area contributed by atoms with Crippen LogP contribution in [0.2, 0.25) is 5.02 Å². The van der Waals surface area contributed by atoms with E-state index in [1.54, 1.807) is 4.52 Å². The number of benzene rings is 2. The average Bonchev–Trinajstić information content (AvgIpc) is 3.35. The summed E-state index contributed by atoms with van der Waals surface area (Å²) in [7, 11) is 0. The summed E-state index contributed by atoms with van der Waals surface area (Å²) in [6.07, 6.45) is 0.746. The highest BCUT2D eigenvalue weighted by atomic mass is 35.5. The molecule has 2 aromatic carbocycles. The van der Waals surface area contributed by atoms with Gasteiger partial charge in [0.1, 0.15) is 0 Å². The highest BCUT2D eigenvalue weighted by molar-refractivity contribution is 7.17. The Bertz CT molecular complexity index is 1230. The normalized spacial score (nSPS) is 16.0. The molecule has 6 nitrogen and oxygen atoms in total. The Balaban J connectivity index is 1.47. The third-order valence-corrected chi connectivity index (χ3v) is 7.36. The number of hydrogen-bond donors (Lipinski definition) is 1. The number of aryl methyl sites for hydroxylation is 2. The lowest BCUT2D eigenvalue weighted by atomic mass is 10.0. The minimum atomic E-state index is -0.0457. The first-order chi connectivity index (χ1) is 15.5. The quantitative estimate of drug-likeness (QED) is 0.451. The molecule has 1 aliphatic heterocycles. The van der Waals surface area contributed by atoms with Gasteiger partial charge in [0.15, 0.2) is 5.82 Å². The smallest absolute Gasteiger partial charge is 0.230 e. The Hall–Kier alpha value is -2.61. The predicted molar refractivity (Wildman–Crippen MR) is 130 cm³/mol. The van der Waals surface area contributed by atoms with Gasteiger partial charge in [0, 0.05) is 43.3 Å². The Morgan fingerprint density at radius 3 is 2.50 bits per heavy atom. The second-order valence-electron chi connectivity index (χ2n) is 8.18. The average molecular weight is 468 g/mol. The minimum absolute atomic E-state index is 0.0457. The van der Waals surface area contributed by atoms with Crippen LogP contribution in [0.3, 0.4) is 0 Å². The van der Waals surface area contributed by atoms with Crippen molar-refractivity contribution in [3.8, 4) is 5.88 Å². The summed E-state index contributed by atoms with van der Waals surface area (Å²) in [4.78, 5) is 11.0. The third kappa shape index (κ3) is 3.96. The first kappa shape index (κ1) is 21.2. The maximum absolute atomic E-state index is 11.1. The highest BCUT2D eigenvalue weighted by Crippen LogP contribution is 2.40. The summed E-state index contributed by atoms with van der Waals surface area (Å²) in [6.45, 7) is 7.65. The number of aromatic hydroxyl groups is 1. The van der Waals surface area contributed by atoms with Crippen molar-refractivity contribution >= 4 is 33.6 Å². The molecule has 4 aromatic rings. The van der Waals surface area contributed by atoms with Crippen molar-refractivity contribution in [2.24, 2.45) is 0 Å². The van der Waals surface area contributed by atoms with Gasteiger partial charge in [-0.1, -0.05) is 65.8 Å². The van der Waals surface area contributed by atoms with E-state index in [2.05, 4.69) is 57.1 Å². The number of aromatic nitrogens is 3. The Kier molecular flexibility index (Phi) is 5.80. The molecule has 0 aliphatic carbocycles. The van der Waals surface area contributed by atoms with Gasteiger partial charge in [-0.3, -0.25) is 4.90 Å². The zero-order chi connectivity index (χ0) is 22.2. The molecule has 1 aliphatic rings. The van der Waals surface area contributed by atoms with Crippen LogP contribution in [0.4, 0.5) is 5.69 Å². The van der Waals surface area contributed by atoms with Gasteiger partial charge < -0.3 is 10.0 Å². The molecular weight excluding hydrogens is 442 g/mol. The van der Waals surface area contributed by atoms with E-state index in [4.69, 9.17) is 11.6 Å². The lowest BCUT2D eigenvalue weighted by Crippen LogP contribution is -2.47. The van der Waals surface area contributed by atoms with Crippen molar-refractivity contribution in [2.45, 2.75) is 26.3 Å². The van der Waals surface area contributed by atoms with Crippen LogP contribution in [-0.2, 0) is 6.42 Å². The second kappa shape index (κ2) is 8.73. The van der Waals surface area contributed by atoms with Crippen LogP contribution in [0.1, 0.15) is 34.8 Å². The van der Waals surface area contributed by atoms with Gasteiger partial charge in [0.25, 0.3) is 0 Å². The maximum Gasteiger partial charge on any atom is 0.230 e. The molecule has 1 saturated heterocycles. The van der Waals surface area contributed by atoms with E-state index in [-0.39, 0.29) is 11.9 Å². The SMILES string of the molecule is CCc1nc2sc(C(c3ccc(C)cc3)N3CCN(c4cccc(Cl)c4)CC3)c(O)n2n1. The fourth-order valence-corrected chi connectivity index (χ4v) is 5.63. The van der Waals surface area contributed by atoms with Crippen LogP contribution in [0.25, 0.3) is 4.96 Å². The molecule has 8 heteroatoms. The van der Waals surface area contributed by atoms with Gasteiger partial charge in [-0.2, -0.15) is 4.52 Å². The molecule has 0 radical (unpaired) electrons. The summed E-state index contributed by atoms with van der Waals surface area (Å²) in [6, 6.07) is 16.6. The van der Waals surface area contributed by atoms with Crippen LogP contribution in [0.5, 0.6) is 5.88 Å². The lowest BCUT2D eigenvalue weighted by Gasteiger charge is -2.40. The lowest BCUT2D eigenvalue weighted by molar-refractivity contribution is 0.211. The molecule has 5 rings (SSSR count). The summed E-state index contributed by atoms with van der Waals surface area (Å²) in [5.41, 5.74) is 3.54. The van der Waals surface area contributed by atoms with Crippen LogP contribution in [0, 0.1) is 6.92 Å². The van der Waals surface area contributed by atoms with Gasteiger partial charge in [-0.05, 0) is 30.7 Å². The fourth-order valence-electron chi connectivity index (χ4n) is 4.31. The number of rotatable bonds is 5. The van der Waals surface area contributed by atoms with E-state index >= 15 is 0 Å². The first-order valence-electron chi connectivity index (χ1n) is 10.9. The van der Waals surface area contributed by atoms with Crippen LogP contribution in [-0.4, -0.2) is 50.8 Å². The standard InChI is InChI=1S/C24H26ClN5OS/c1-3-20-26-24-30(27-20)23(31)22(32-24)21(17-9-7-16(2)8-10-17)29-13-11-28(12-14-29)19-6-4-5-18(25)15-19/h4-10,15,21,31H,3,11-14H2,1-2H3. The van der Waals surface area contributed by atoms with Crippen LogP contribution >= 0.6 is 22.9 Å². The molecule has 1 unspecified atom stereocenters. The second-order valence-corrected chi connectivity index (χ2v) is 9.63. The van der Waals surface area contributed by atoms with Gasteiger partial charge in [-0.15, -0.1) is 5.10 Å². The van der Waals surface area contributed by atoms with E-state index in [9.17, 15) is 5.11 Å². The summed E-state index contributed by atoms with van der Waals surface area (Å²) < 4.78 is 1.59. The predicted octanol–water partition coefficient (Wildman–Crippen LogP) is 4.93. The molecule has 0 bridgehead atoms. The maximum atomic E-state index is 11.1. The van der Waals surface area contributed by atoms with Gasteiger partial charge in [0.05, 0.1) is 10.9 Å². The summed E-state index contributed by atoms with van der Waals surface area (Å²) >= 11 is 7.73. The summed E-state index contributed by atoms with van der Waals surface area (Å²) in [5, 5.41) is 16.3. The molecule has 0 amide bonds. The molecule has 1 N–H and O–H groups in total. The van der Waals surface area contributed by atoms with Gasteiger partial charge in [0.2, 0.25) is 10.8 Å². The molecule has 0 spiro atoms. The zero-order valence-electron chi connectivity index (χ0n) is 18.2. The van der Waals surface area contributed by atoms with E-state index in [1.165, 1.54) is 22.5 Å². The number of fused-ring (bicyclic) bond motifs is 1. The number of halogens is 1. The monoisotopic (exact) mass is 467 g/mol. The van der Waals surface area contributed by atoms with Crippen molar-refractivity contribution in [1.29, 1.82) is 0 Å². The Labute approximate surface area is 196 Å². The fraction of sp³-hybridized carbons (Fsp3) is 0.333. The van der Waals surface area contributed by atoms with Crippen molar-refractivity contribution in [2.75, 3.05) is 31.1 Å². The Morgan fingerprint density at radius 2 is 1.84 bits per heavy atom. The minimum Gasteiger partial charge on any atom is -0.492 e. The van der Waals surface area contributed by atoms with E-state index < -0.39 is 0 Å². The first-order valence-corrected chi connectivity index (χ1v) is 12.1. The van der Waals surface area contributed by atoms with Crippen molar-refractivity contribution < 1.29 is 5.11 Å². The highest BCUT2D eigenvalue weighted by Gasteiger charge is 2.31. The Morgan fingerprint density at radius 1 is 1.09 bits per heavy atom. The van der Waals surface area contributed by atoms with E-state index in [0.29, 0.717) is 0 Å². The van der Waals surface area contributed by atoms with E-state index in [0.717, 1.165) is 59.0 Å². The van der Waals surface area contributed by atoms with Gasteiger partial charge in [-0.25, -0.2) is 4.98 Å². The third-order valence-electron chi connectivity index (χ3n) is 6.05. The molecule has 166 valence electrons. The van der Waals surface area contributed by atoms with Gasteiger partial charge >= 0.3 is 0 Å². The molecule has 3 heterocycles. The number of piperazine rings is 1. The van der Waals surface area contributed by atoms with Crippen LogP contribution < -0.4 is 4.90 Å². The molecule has 32 heavy (non-hydrogen) atoms. The van der Waals surface area contributed by atoms with Crippen LogP contribution in [0.15, 0.2) is 48.5 Å². The number of nitrogens with zero attached hydrogens (tertiary/aromatic N) is 5. The molecule has 0 saturated carbocycles. The van der Waals surface area contributed by atoms with Crippen molar-refractivity contribution in [1.82, 2.24) is 19.5 Å². The molecule has 2 aromatic heterocycles. The zero-order valence-corrected chi connectivity index (χ0v) is 19.8. The number of thiazole rings is 1. The molecule has 1 fully saturated rings. The topological polar surface area (TPSA) is 56.9 Å².